The van der Waals surface area contributed by atoms with Crippen molar-refractivity contribution in [3.05, 3.63) is 42.1 Å². The van der Waals surface area contributed by atoms with Crippen LogP contribution < -0.4 is 20.7 Å². The molecular formula is C29H31F3N8O. The van der Waals surface area contributed by atoms with Crippen LogP contribution in [0.15, 0.2) is 30.5 Å². The van der Waals surface area contributed by atoms with Gasteiger partial charge in [-0.3, -0.25) is 9.88 Å². The second-order valence-corrected chi connectivity index (χ2v) is 11.5. The van der Waals surface area contributed by atoms with Gasteiger partial charge in [-0.2, -0.15) is 9.97 Å². The van der Waals surface area contributed by atoms with E-state index in [-0.39, 0.29) is 40.7 Å². The molecule has 3 fully saturated rings. The Morgan fingerprint density at radius 1 is 1.20 bits per heavy atom. The number of hydrogen-bond donors (Lipinski definition) is 2. The molecule has 1 aromatic carbocycles. The number of halogens is 3. The van der Waals surface area contributed by atoms with E-state index in [1.807, 2.05) is 11.9 Å². The highest BCUT2D eigenvalue weighted by Crippen LogP contribution is 2.41. The van der Waals surface area contributed by atoms with E-state index in [1.54, 1.807) is 12.1 Å². The summed E-state index contributed by atoms with van der Waals surface area (Å²) in [5, 5.41) is 4.26. The number of anilines is 2. The minimum atomic E-state index is -0.902. The van der Waals surface area contributed by atoms with Gasteiger partial charge in [0.05, 0.1) is 10.9 Å². The molecule has 9 nitrogen and oxygen atoms in total. The molecule has 3 N–H and O–H groups in total. The highest BCUT2D eigenvalue weighted by molar-refractivity contribution is 5.98. The predicted octanol–water partition coefficient (Wildman–Crippen LogP) is 3.71. The number of hydrogen-bond acceptors (Lipinski definition) is 9. The number of rotatable bonds is 7. The first-order valence-electron chi connectivity index (χ1n) is 14.0. The lowest BCUT2D eigenvalue weighted by molar-refractivity contribution is 0.107. The number of nitrogen functional groups attached to an aromatic ring is 1. The first-order valence-corrected chi connectivity index (χ1v) is 14.0. The fourth-order valence-corrected chi connectivity index (χ4v) is 6.60. The van der Waals surface area contributed by atoms with E-state index in [0.29, 0.717) is 42.0 Å². The number of fused-ring (bicyclic) bond motifs is 3. The SMILES string of the molecule is CN(CC1CNC1)c1nc(OC[C@@]23CCCN2C[C@H](F)C3)nc2c(F)c(-c3nc(N)cc4cccc(F)c34)ncc12. The highest BCUT2D eigenvalue weighted by atomic mass is 19.1. The molecule has 41 heavy (non-hydrogen) atoms. The van der Waals surface area contributed by atoms with E-state index in [2.05, 4.69) is 30.2 Å². The fraction of sp³-hybridized carbons (Fsp3) is 0.448. The molecule has 0 radical (unpaired) electrons. The maximum absolute atomic E-state index is 16.4. The van der Waals surface area contributed by atoms with E-state index in [1.165, 1.54) is 18.3 Å². The molecule has 0 amide bonds. The van der Waals surface area contributed by atoms with Crippen LogP contribution in [-0.4, -0.2) is 82.9 Å². The van der Waals surface area contributed by atoms with Crippen molar-refractivity contribution in [3.63, 3.8) is 0 Å². The van der Waals surface area contributed by atoms with Gasteiger partial charge in [-0.1, -0.05) is 12.1 Å². The van der Waals surface area contributed by atoms with E-state index < -0.39 is 23.3 Å². The third-order valence-corrected chi connectivity index (χ3v) is 8.69. The van der Waals surface area contributed by atoms with Crippen molar-refractivity contribution in [2.75, 3.05) is 57.0 Å². The average molecular weight is 565 g/mol. The number of nitrogens with two attached hydrogens (primary N) is 1. The van der Waals surface area contributed by atoms with Crippen LogP contribution in [-0.2, 0) is 0 Å². The Labute approximate surface area is 234 Å². The second kappa shape index (κ2) is 9.95. The van der Waals surface area contributed by atoms with Gasteiger partial charge in [-0.15, -0.1) is 0 Å². The van der Waals surface area contributed by atoms with Crippen LogP contribution >= 0.6 is 0 Å². The molecule has 7 rings (SSSR count). The summed E-state index contributed by atoms with van der Waals surface area (Å²) >= 11 is 0. The molecule has 0 spiro atoms. The van der Waals surface area contributed by atoms with Crippen molar-refractivity contribution in [2.45, 2.75) is 31.0 Å². The van der Waals surface area contributed by atoms with E-state index in [0.717, 1.165) is 32.5 Å². The number of alkyl halides is 1. The lowest BCUT2D eigenvalue weighted by Gasteiger charge is -2.32. The van der Waals surface area contributed by atoms with Gasteiger partial charge in [0, 0.05) is 57.1 Å². The summed E-state index contributed by atoms with van der Waals surface area (Å²) in [6.07, 6.45) is 2.78. The molecular weight excluding hydrogens is 533 g/mol. The Morgan fingerprint density at radius 2 is 2.05 bits per heavy atom. The molecule has 3 aliphatic rings. The number of nitrogens with zero attached hydrogens (tertiary/aromatic N) is 6. The third kappa shape index (κ3) is 4.49. The summed E-state index contributed by atoms with van der Waals surface area (Å²) in [7, 11) is 1.89. The molecule has 3 aromatic heterocycles. The van der Waals surface area contributed by atoms with Gasteiger partial charge in [0.25, 0.3) is 0 Å². The second-order valence-electron chi connectivity index (χ2n) is 11.5. The van der Waals surface area contributed by atoms with Gasteiger partial charge >= 0.3 is 6.01 Å². The lowest BCUT2D eigenvalue weighted by atomic mass is 9.95. The molecule has 4 aromatic rings. The Kier molecular flexibility index (Phi) is 6.35. The highest BCUT2D eigenvalue weighted by Gasteiger charge is 2.49. The van der Waals surface area contributed by atoms with Gasteiger partial charge in [0.1, 0.15) is 47.1 Å². The number of nitrogens with one attached hydrogen (secondary N) is 1. The molecule has 0 unspecified atom stereocenters. The van der Waals surface area contributed by atoms with Crippen LogP contribution in [0.1, 0.15) is 19.3 Å². The van der Waals surface area contributed by atoms with Crippen molar-refractivity contribution < 1.29 is 17.9 Å². The Morgan fingerprint density at radius 3 is 2.85 bits per heavy atom. The molecule has 12 heteroatoms. The summed E-state index contributed by atoms with van der Waals surface area (Å²) < 4.78 is 51.9. The molecule has 3 aliphatic heterocycles. The molecule has 214 valence electrons. The zero-order valence-corrected chi connectivity index (χ0v) is 22.7. The van der Waals surface area contributed by atoms with Gasteiger partial charge in [-0.25, -0.2) is 18.2 Å². The fourth-order valence-electron chi connectivity index (χ4n) is 6.60. The smallest absolute Gasteiger partial charge is 0.319 e. The third-order valence-electron chi connectivity index (χ3n) is 8.69. The number of ether oxygens (including phenoxy) is 1. The minimum Gasteiger partial charge on any atom is -0.461 e. The first kappa shape index (κ1) is 26.1. The van der Waals surface area contributed by atoms with Gasteiger partial charge in [0.2, 0.25) is 0 Å². The maximum atomic E-state index is 16.4. The first-order chi connectivity index (χ1) is 19.8. The number of benzene rings is 1. The normalized spacial score (nSPS) is 22.8. The zero-order chi connectivity index (χ0) is 28.3. The standard InChI is InChI=1S/C29H31F3N8O/c1-39(13-16-10-34-11-16)27-19-12-35-26(25-22-17(8-21(33)36-25)4-2-5-20(22)31)23(32)24(19)37-28(38-27)41-15-29-6-3-7-40(29)14-18(30)9-29/h2,4-5,8,12,16,18,34H,3,6-7,9-11,13-15H2,1H3,(H2,33,36)/t18-,29+/m1/s1. The van der Waals surface area contributed by atoms with Gasteiger partial charge in [-0.05, 0) is 36.9 Å². The topological polar surface area (TPSA) is 105 Å². The van der Waals surface area contributed by atoms with Crippen LogP contribution in [0, 0.1) is 17.6 Å². The molecule has 3 saturated heterocycles. The molecule has 6 heterocycles. The van der Waals surface area contributed by atoms with Crippen LogP contribution in [0.3, 0.4) is 0 Å². The Hall–Kier alpha value is -3.77. The average Bonchev–Trinajstić information content (AvgIpc) is 3.44. The predicted molar refractivity (Wildman–Crippen MR) is 151 cm³/mol. The monoisotopic (exact) mass is 564 g/mol. The van der Waals surface area contributed by atoms with Crippen LogP contribution in [0.25, 0.3) is 33.1 Å². The molecule has 0 aliphatic carbocycles. The van der Waals surface area contributed by atoms with E-state index >= 15 is 4.39 Å². The van der Waals surface area contributed by atoms with E-state index in [4.69, 9.17) is 10.5 Å². The van der Waals surface area contributed by atoms with Crippen LogP contribution in [0.4, 0.5) is 24.8 Å². The van der Waals surface area contributed by atoms with Crippen molar-refractivity contribution in [1.82, 2.24) is 30.2 Å². The van der Waals surface area contributed by atoms with E-state index in [9.17, 15) is 8.78 Å². The number of aromatic nitrogens is 4. The largest absolute Gasteiger partial charge is 0.461 e. The van der Waals surface area contributed by atoms with Crippen molar-refractivity contribution in [2.24, 2.45) is 5.92 Å². The quantitative estimate of drug-likeness (QED) is 0.348. The summed E-state index contributed by atoms with van der Waals surface area (Å²) in [5.74, 6) is -0.327. The van der Waals surface area contributed by atoms with Crippen molar-refractivity contribution in [3.8, 4) is 17.4 Å². The minimum absolute atomic E-state index is 0.00207. The van der Waals surface area contributed by atoms with Gasteiger partial charge < -0.3 is 20.7 Å². The van der Waals surface area contributed by atoms with Crippen LogP contribution in [0.2, 0.25) is 0 Å². The van der Waals surface area contributed by atoms with Gasteiger partial charge in [0.15, 0.2) is 5.82 Å². The van der Waals surface area contributed by atoms with Crippen molar-refractivity contribution in [1.29, 1.82) is 0 Å². The summed E-state index contributed by atoms with van der Waals surface area (Å²) in [5.41, 5.74) is 5.41. The molecule has 2 atom stereocenters. The zero-order valence-electron chi connectivity index (χ0n) is 22.7. The lowest BCUT2D eigenvalue weighted by Crippen LogP contribution is -2.47. The Bertz CT molecular complexity index is 1650. The molecule has 0 bridgehead atoms. The number of pyridine rings is 2. The Balaban J connectivity index is 1.34. The summed E-state index contributed by atoms with van der Waals surface area (Å²) in [4.78, 5) is 21.9. The van der Waals surface area contributed by atoms with Crippen LogP contribution in [0.5, 0.6) is 6.01 Å². The summed E-state index contributed by atoms with van der Waals surface area (Å²) in [6.45, 7) is 3.89. The maximum Gasteiger partial charge on any atom is 0.319 e. The summed E-state index contributed by atoms with van der Waals surface area (Å²) in [6, 6.07) is 6.07. The van der Waals surface area contributed by atoms with Crippen molar-refractivity contribution >= 4 is 33.3 Å². The molecule has 0 saturated carbocycles.